The first kappa shape index (κ1) is 21.7. The van der Waals surface area contributed by atoms with Crippen LogP contribution in [-0.2, 0) is 4.79 Å². The number of hydrogen-bond donors (Lipinski definition) is 0. The summed E-state index contributed by atoms with van der Waals surface area (Å²) in [5.74, 6) is 2.30. The monoisotopic (exact) mass is 320 g/mol. The molecule has 1 fully saturated rings. The van der Waals surface area contributed by atoms with Crippen molar-refractivity contribution in [2.24, 2.45) is 11.8 Å². The summed E-state index contributed by atoms with van der Waals surface area (Å²) < 4.78 is 5.41. The van der Waals surface area contributed by atoms with Crippen LogP contribution in [0.2, 0.25) is 0 Å². The molecule has 132 valence electrons. The fraction of sp³-hybridized carbons (Fsp3) is 0.667. The summed E-state index contributed by atoms with van der Waals surface area (Å²) >= 11 is 0. The molecular formula is C21H36O2. The molecule has 0 spiro atoms. The van der Waals surface area contributed by atoms with Gasteiger partial charge in [-0.15, -0.1) is 0 Å². The van der Waals surface area contributed by atoms with Crippen LogP contribution in [0.15, 0.2) is 18.2 Å². The molecule has 0 saturated heterocycles. The molecule has 0 amide bonds. The number of hydrogen-bond acceptors (Lipinski definition) is 2. The Morgan fingerprint density at radius 1 is 1.13 bits per heavy atom. The second kappa shape index (κ2) is 11.3. The van der Waals surface area contributed by atoms with Crippen molar-refractivity contribution in [2.75, 3.05) is 7.11 Å². The molecular weight excluding hydrogens is 284 g/mol. The molecule has 2 atom stereocenters. The number of rotatable bonds is 2. The maximum atomic E-state index is 12.3. The first-order valence-electron chi connectivity index (χ1n) is 9.05. The predicted octanol–water partition coefficient (Wildman–Crippen LogP) is 6.16. The number of carbonyl (C=O) groups excluding carboxylic acids is 1. The van der Waals surface area contributed by atoms with Gasteiger partial charge in [0.2, 0.25) is 0 Å². The summed E-state index contributed by atoms with van der Waals surface area (Å²) in [6, 6.07) is 5.99. The lowest BCUT2D eigenvalue weighted by atomic mass is 9.76. The van der Waals surface area contributed by atoms with Gasteiger partial charge in [0.1, 0.15) is 11.5 Å². The summed E-state index contributed by atoms with van der Waals surface area (Å²) in [6.07, 6.45) is 3.13. The van der Waals surface area contributed by atoms with Crippen LogP contribution < -0.4 is 4.74 Å². The molecule has 0 N–H and O–H groups in total. The average Bonchev–Trinajstić information content (AvgIpc) is 2.52. The third-order valence-electron chi connectivity index (χ3n) is 3.81. The van der Waals surface area contributed by atoms with Crippen LogP contribution in [0, 0.1) is 18.8 Å². The van der Waals surface area contributed by atoms with Crippen molar-refractivity contribution >= 4 is 5.78 Å². The predicted molar refractivity (Wildman–Crippen MR) is 100 cm³/mol. The van der Waals surface area contributed by atoms with Gasteiger partial charge >= 0.3 is 0 Å². The number of carbonyl (C=O) groups is 1. The largest absolute Gasteiger partial charge is 0.496 e. The van der Waals surface area contributed by atoms with E-state index in [1.165, 1.54) is 0 Å². The molecule has 1 aromatic rings. The minimum absolute atomic E-state index is 0.0369. The van der Waals surface area contributed by atoms with Crippen LogP contribution in [0.3, 0.4) is 0 Å². The molecule has 1 aliphatic carbocycles. The minimum Gasteiger partial charge on any atom is -0.496 e. The summed E-state index contributed by atoms with van der Waals surface area (Å²) in [6.45, 7) is 14.6. The summed E-state index contributed by atoms with van der Waals surface area (Å²) in [5, 5.41) is 0. The quantitative estimate of drug-likeness (QED) is 0.652. The Morgan fingerprint density at radius 2 is 1.70 bits per heavy atom. The highest BCUT2D eigenvalue weighted by Crippen LogP contribution is 2.39. The maximum Gasteiger partial charge on any atom is 0.143 e. The van der Waals surface area contributed by atoms with Gasteiger partial charge in [0.25, 0.3) is 0 Å². The molecule has 1 saturated carbocycles. The van der Waals surface area contributed by atoms with Crippen molar-refractivity contribution in [3.63, 3.8) is 0 Å². The summed E-state index contributed by atoms with van der Waals surface area (Å²) in [7, 11) is 1.68. The Morgan fingerprint density at radius 3 is 2.22 bits per heavy atom. The average molecular weight is 321 g/mol. The van der Waals surface area contributed by atoms with E-state index in [9.17, 15) is 4.79 Å². The maximum absolute atomic E-state index is 12.3. The summed E-state index contributed by atoms with van der Waals surface area (Å²) in [5.41, 5.74) is 2.27. The van der Waals surface area contributed by atoms with E-state index in [1.807, 2.05) is 32.9 Å². The zero-order valence-electron chi connectivity index (χ0n) is 16.4. The van der Waals surface area contributed by atoms with Crippen LogP contribution in [-0.4, -0.2) is 12.9 Å². The van der Waals surface area contributed by atoms with E-state index in [1.54, 1.807) is 7.11 Å². The minimum atomic E-state index is 0.0369. The SMILES string of the molecule is CC.CC(C)C.COc1cccc(C)c1C1CCCC(C)C1=O. The van der Waals surface area contributed by atoms with Crippen molar-refractivity contribution in [3.05, 3.63) is 29.3 Å². The Hall–Kier alpha value is -1.31. The lowest BCUT2D eigenvalue weighted by molar-refractivity contribution is -0.125. The normalized spacial score (nSPS) is 20.1. The molecule has 23 heavy (non-hydrogen) atoms. The molecule has 0 bridgehead atoms. The number of aryl methyl sites for hydroxylation is 1. The van der Waals surface area contributed by atoms with Crippen LogP contribution in [0.5, 0.6) is 5.75 Å². The Balaban J connectivity index is 0.000000705. The van der Waals surface area contributed by atoms with Gasteiger partial charge < -0.3 is 4.74 Å². The fourth-order valence-corrected chi connectivity index (χ4v) is 2.82. The lowest BCUT2D eigenvalue weighted by Gasteiger charge is -2.28. The van der Waals surface area contributed by atoms with E-state index in [0.717, 1.165) is 42.1 Å². The van der Waals surface area contributed by atoms with Crippen LogP contribution in [0.25, 0.3) is 0 Å². The molecule has 2 nitrogen and oxygen atoms in total. The van der Waals surface area contributed by atoms with E-state index in [2.05, 4.69) is 33.8 Å². The molecule has 0 radical (unpaired) electrons. The number of benzene rings is 1. The van der Waals surface area contributed by atoms with Crippen LogP contribution >= 0.6 is 0 Å². The highest BCUT2D eigenvalue weighted by Gasteiger charge is 2.31. The highest BCUT2D eigenvalue weighted by atomic mass is 16.5. The third-order valence-corrected chi connectivity index (χ3v) is 3.81. The van der Waals surface area contributed by atoms with Crippen molar-refractivity contribution in [1.29, 1.82) is 0 Å². The smallest absolute Gasteiger partial charge is 0.143 e. The number of ether oxygens (including phenoxy) is 1. The molecule has 1 aromatic carbocycles. The molecule has 0 aliphatic heterocycles. The van der Waals surface area contributed by atoms with Gasteiger partial charge in [0, 0.05) is 17.4 Å². The van der Waals surface area contributed by atoms with E-state index in [-0.39, 0.29) is 11.8 Å². The second-order valence-electron chi connectivity index (χ2n) is 6.71. The zero-order valence-corrected chi connectivity index (χ0v) is 16.4. The molecule has 0 heterocycles. The Bertz CT molecular complexity index is 460. The van der Waals surface area contributed by atoms with Crippen LogP contribution in [0.4, 0.5) is 0 Å². The Labute approximate surface area is 143 Å². The first-order chi connectivity index (χ1) is 10.9. The molecule has 1 aliphatic rings. The van der Waals surface area contributed by atoms with Crippen LogP contribution in [0.1, 0.15) is 77.8 Å². The molecule has 2 heteroatoms. The van der Waals surface area contributed by atoms with Crippen molar-refractivity contribution in [2.45, 2.75) is 73.6 Å². The zero-order chi connectivity index (χ0) is 18.0. The van der Waals surface area contributed by atoms with Gasteiger partial charge in [-0.05, 0) is 37.3 Å². The number of ketones is 1. The topological polar surface area (TPSA) is 26.3 Å². The van der Waals surface area contributed by atoms with Gasteiger partial charge in [0.05, 0.1) is 7.11 Å². The van der Waals surface area contributed by atoms with Gasteiger partial charge in [-0.25, -0.2) is 0 Å². The van der Waals surface area contributed by atoms with Gasteiger partial charge in [-0.3, -0.25) is 4.79 Å². The van der Waals surface area contributed by atoms with Gasteiger partial charge in [-0.2, -0.15) is 0 Å². The second-order valence-corrected chi connectivity index (χ2v) is 6.71. The third kappa shape index (κ3) is 6.76. The Kier molecular flexibility index (Phi) is 10.6. The van der Waals surface area contributed by atoms with Crippen molar-refractivity contribution in [3.8, 4) is 5.75 Å². The highest BCUT2D eigenvalue weighted by molar-refractivity contribution is 5.89. The lowest BCUT2D eigenvalue weighted by Crippen LogP contribution is -2.25. The van der Waals surface area contributed by atoms with E-state index >= 15 is 0 Å². The molecule has 2 rings (SSSR count). The number of methoxy groups -OCH3 is 1. The van der Waals surface area contributed by atoms with E-state index in [4.69, 9.17) is 4.74 Å². The first-order valence-corrected chi connectivity index (χ1v) is 9.05. The standard InChI is InChI=1S/C15H20O2.C4H10.C2H6/c1-10-6-5-9-13(17-3)14(10)12-8-4-7-11(2)15(12)16;1-4(2)3;1-2/h5-6,9,11-12H,4,7-8H2,1-3H3;4H,1-3H3;1-2H3. The van der Waals surface area contributed by atoms with E-state index in [0.29, 0.717) is 5.78 Å². The van der Waals surface area contributed by atoms with Gasteiger partial charge in [0.15, 0.2) is 0 Å². The van der Waals surface area contributed by atoms with Crippen molar-refractivity contribution in [1.82, 2.24) is 0 Å². The molecule has 0 aromatic heterocycles. The van der Waals surface area contributed by atoms with Crippen molar-refractivity contribution < 1.29 is 9.53 Å². The fourth-order valence-electron chi connectivity index (χ4n) is 2.82. The molecule has 2 unspecified atom stereocenters. The summed E-state index contributed by atoms with van der Waals surface area (Å²) in [4.78, 5) is 12.3. The van der Waals surface area contributed by atoms with Gasteiger partial charge in [-0.1, -0.05) is 60.1 Å². The number of Topliss-reactive ketones (excluding diaryl/α,β-unsaturated/α-hetero) is 1. The van der Waals surface area contributed by atoms with E-state index < -0.39 is 0 Å².